The number of hydrogen-bond donors (Lipinski definition) is 2. The van der Waals surface area contributed by atoms with Gasteiger partial charge in [0.2, 0.25) is 0 Å². The Bertz CT molecular complexity index is 1710. The topological polar surface area (TPSA) is 62.2 Å². The van der Waals surface area contributed by atoms with Crippen molar-refractivity contribution in [3.8, 4) is 33.4 Å². The Morgan fingerprint density at radius 2 is 1.20 bits per heavy atom. The maximum atomic E-state index is 8.44. The Labute approximate surface area is 237 Å². The van der Waals surface area contributed by atoms with Gasteiger partial charge in [-0.2, -0.15) is 0 Å². The molecule has 196 valence electrons. The fraction of sp³-hybridized carbons (Fsp3) is 0.0811. The van der Waals surface area contributed by atoms with Gasteiger partial charge in [0, 0.05) is 11.8 Å². The molecule has 0 unspecified atom stereocenters. The molecule has 0 amide bonds. The van der Waals surface area contributed by atoms with Crippen molar-refractivity contribution in [1.29, 1.82) is 5.41 Å². The molecule has 0 saturated heterocycles. The minimum Gasteiger partial charge on any atom is -0.404 e. The zero-order chi connectivity index (χ0) is 27.9. The van der Waals surface area contributed by atoms with Crippen molar-refractivity contribution < 1.29 is 0 Å². The predicted molar refractivity (Wildman–Crippen MR) is 172 cm³/mol. The summed E-state index contributed by atoms with van der Waals surface area (Å²) in [5.74, 6) is 0. The van der Waals surface area contributed by atoms with Crippen LogP contribution in [0.15, 0.2) is 139 Å². The van der Waals surface area contributed by atoms with E-state index in [1.54, 1.807) is 6.20 Å². The smallest absolute Gasteiger partial charge is 0.0648 e. The van der Waals surface area contributed by atoms with Crippen molar-refractivity contribution in [1.82, 2.24) is 0 Å². The van der Waals surface area contributed by atoms with E-state index in [1.165, 1.54) is 0 Å². The van der Waals surface area contributed by atoms with Crippen LogP contribution < -0.4 is 5.73 Å². The second-order valence-electron chi connectivity index (χ2n) is 9.71. The molecule has 1 heterocycles. The molecule has 1 aliphatic rings. The summed E-state index contributed by atoms with van der Waals surface area (Å²) in [5, 5.41) is 8.44. The summed E-state index contributed by atoms with van der Waals surface area (Å²) in [4.78, 5) is 4.62. The zero-order valence-electron chi connectivity index (χ0n) is 22.9. The van der Waals surface area contributed by atoms with Gasteiger partial charge in [-0.25, -0.2) is 0 Å². The van der Waals surface area contributed by atoms with E-state index in [0.29, 0.717) is 5.71 Å². The Morgan fingerprint density at radius 1 is 0.675 bits per heavy atom. The van der Waals surface area contributed by atoms with Gasteiger partial charge in [0.25, 0.3) is 0 Å². The molecule has 0 radical (unpaired) electrons. The second-order valence-corrected chi connectivity index (χ2v) is 9.71. The molecule has 3 heteroatoms. The molecule has 4 aromatic carbocycles. The fourth-order valence-electron chi connectivity index (χ4n) is 4.98. The van der Waals surface area contributed by atoms with Crippen molar-refractivity contribution in [3.63, 3.8) is 0 Å². The first-order chi connectivity index (χ1) is 19.6. The molecule has 40 heavy (non-hydrogen) atoms. The molecule has 0 atom stereocenters. The van der Waals surface area contributed by atoms with Crippen molar-refractivity contribution >= 4 is 17.0 Å². The minimum atomic E-state index is 0.497. The van der Waals surface area contributed by atoms with Gasteiger partial charge in [0.1, 0.15) is 0 Å². The lowest BCUT2D eigenvalue weighted by Gasteiger charge is -2.14. The van der Waals surface area contributed by atoms with Crippen molar-refractivity contribution in [3.05, 3.63) is 150 Å². The normalized spacial score (nSPS) is 13.3. The van der Waals surface area contributed by atoms with Gasteiger partial charge in [-0.3, -0.25) is 4.99 Å². The summed E-state index contributed by atoms with van der Waals surface area (Å²) in [6.07, 6.45) is 13.6. The first kappa shape index (κ1) is 26.6. The van der Waals surface area contributed by atoms with Crippen LogP contribution in [0.2, 0.25) is 0 Å². The first-order valence-corrected chi connectivity index (χ1v) is 13.5. The molecule has 0 aliphatic carbocycles. The van der Waals surface area contributed by atoms with Crippen LogP contribution in [0.1, 0.15) is 30.5 Å². The van der Waals surface area contributed by atoms with E-state index in [1.807, 2.05) is 50.3 Å². The highest BCUT2D eigenvalue weighted by Gasteiger charge is 2.12. The van der Waals surface area contributed by atoms with Crippen molar-refractivity contribution in [2.45, 2.75) is 13.8 Å². The Kier molecular flexibility index (Phi) is 8.13. The van der Waals surface area contributed by atoms with Gasteiger partial charge in [-0.1, -0.05) is 78.9 Å². The van der Waals surface area contributed by atoms with Crippen molar-refractivity contribution in [2.75, 3.05) is 6.54 Å². The van der Waals surface area contributed by atoms with Crippen LogP contribution in [0.3, 0.4) is 0 Å². The number of hydrogen-bond acceptors (Lipinski definition) is 3. The van der Waals surface area contributed by atoms with Gasteiger partial charge in [-0.15, -0.1) is 0 Å². The molecule has 4 aromatic rings. The van der Waals surface area contributed by atoms with E-state index in [-0.39, 0.29) is 0 Å². The minimum absolute atomic E-state index is 0.497. The van der Waals surface area contributed by atoms with E-state index in [4.69, 9.17) is 11.1 Å². The largest absolute Gasteiger partial charge is 0.404 e. The van der Waals surface area contributed by atoms with Gasteiger partial charge in [-0.05, 0) is 112 Å². The number of aliphatic imine (C=N–C) groups is 1. The number of rotatable bonds is 8. The third-order valence-corrected chi connectivity index (χ3v) is 6.96. The molecule has 1 aliphatic heterocycles. The maximum absolute atomic E-state index is 8.44. The highest BCUT2D eigenvalue weighted by Crippen LogP contribution is 2.35. The highest BCUT2D eigenvalue weighted by molar-refractivity contribution is 6.10. The Morgan fingerprint density at radius 3 is 1.77 bits per heavy atom. The van der Waals surface area contributed by atoms with E-state index < -0.39 is 0 Å². The molecule has 3 nitrogen and oxygen atoms in total. The van der Waals surface area contributed by atoms with Crippen LogP contribution in [0.25, 0.3) is 39.0 Å². The summed E-state index contributed by atoms with van der Waals surface area (Å²) in [5.41, 5.74) is 18.2. The maximum Gasteiger partial charge on any atom is 0.0648 e. The number of nitrogens with two attached hydrogens (primary N) is 1. The molecular formula is C37H33N3. The highest BCUT2D eigenvalue weighted by atomic mass is 14.7. The molecule has 3 N–H and O–H groups in total. The van der Waals surface area contributed by atoms with Crippen LogP contribution in [0.4, 0.5) is 0 Å². The lowest BCUT2D eigenvalue weighted by Crippen LogP contribution is -1.96. The second kappa shape index (κ2) is 12.2. The summed E-state index contributed by atoms with van der Waals surface area (Å²) in [6.45, 7) is 4.67. The van der Waals surface area contributed by atoms with Crippen LogP contribution in [0.5, 0.6) is 0 Å². The van der Waals surface area contributed by atoms with Gasteiger partial charge < -0.3 is 11.1 Å². The number of nitrogens with one attached hydrogen (secondary N) is 1. The summed E-state index contributed by atoms with van der Waals surface area (Å²) in [6, 6.07) is 32.0. The fourth-order valence-corrected chi connectivity index (χ4v) is 4.98. The van der Waals surface area contributed by atoms with Crippen LogP contribution in [-0.2, 0) is 0 Å². The van der Waals surface area contributed by atoms with E-state index >= 15 is 0 Å². The average Bonchev–Trinajstić information content (AvgIpc) is 3.55. The number of benzene rings is 4. The first-order valence-electron chi connectivity index (χ1n) is 13.5. The molecule has 0 fully saturated rings. The zero-order valence-corrected chi connectivity index (χ0v) is 22.9. The molecule has 0 spiro atoms. The van der Waals surface area contributed by atoms with Crippen molar-refractivity contribution in [2.24, 2.45) is 10.7 Å². The molecule has 0 saturated carbocycles. The molecular weight excluding hydrogens is 486 g/mol. The SMILES string of the molecule is C/C=C\C(=N)c1cccc(-c2cc(-c3cccc(C4=NCC=C4)c3)cc(-c3cccc(C(/C=C\C)=C/N)c3)c2)c1. The predicted octanol–water partition coefficient (Wildman–Crippen LogP) is 8.87. The Hall–Kier alpha value is -5.02. The van der Waals surface area contributed by atoms with Crippen LogP contribution in [0, 0.1) is 5.41 Å². The lowest BCUT2D eigenvalue weighted by molar-refractivity contribution is 1.28. The summed E-state index contributed by atoms with van der Waals surface area (Å²) < 4.78 is 0. The quantitative estimate of drug-likeness (QED) is 0.177. The van der Waals surface area contributed by atoms with E-state index in [9.17, 15) is 0 Å². The summed E-state index contributed by atoms with van der Waals surface area (Å²) in [7, 11) is 0. The number of nitrogens with zero attached hydrogens (tertiary/aromatic N) is 1. The van der Waals surface area contributed by atoms with E-state index in [2.05, 4.69) is 96.0 Å². The third kappa shape index (κ3) is 5.84. The third-order valence-electron chi connectivity index (χ3n) is 6.96. The monoisotopic (exact) mass is 519 g/mol. The average molecular weight is 520 g/mol. The lowest BCUT2D eigenvalue weighted by atomic mass is 9.91. The Balaban J connectivity index is 1.67. The van der Waals surface area contributed by atoms with E-state index in [0.717, 1.165) is 67.9 Å². The van der Waals surface area contributed by atoms with Crippen LogP contribution >= 0.6 is 0 Å². The molecule has 0 bridgehead atoms. The molecule has 5 rings (SSSR count). The molecule has 0 aromatic heterocycles. The number of allylic oxidation sites excluding steroid dienone is 6. The standard InChI is InChI=1S/C37H33N3/c1-3-9-32(25-38)26-11-5-12-27(19-26)33-22-34(28-13-6-15-30(20-28)36(39)10-4-2)24-35(23-33)29-14-7-16-31(21-29)37-17-8-18-40-37/h3-17,19-25,39H,18,38H2,1-2H3/b9-3-,10-4-,32-25+,39-36?. The van der Waals surface area contributed by atoms with Gasteiger partial charge in [0.05, 0.1) is 18.0 Å². The van der Waals surface area contributed by atoms with Gasteiger partial charge in [0.15, 0.2) is 0 Å². The van der Waals surface area contributed by atoms with Gasteiger partial charge >= 0.3 is 0 Å². The summed E-state index contributed by atoms with van der Waals surface area (Å²) >= 11 is 0. The van der Waals surface area contributed by atoms with Crippen LogP contribution in [-0.4, -0.2) is 18.0 Å².